The number of anilines is 1. The molecule has 0 spiro atoms. The highest BCUT2D eigenvalue weighted by molar-refractivity contribution is 7.80. The molecule has 0 saturated carbocycles. The van der Waals surface area contributed by atoms with Crippen LogP contribution in [0.4, 0.5) is 5.69 Å². The van der Waals surface area contributed by atoms with Gasteiger partial charge in [-0.2, -0.15) is 0 Å². The minimum Gasteiger partial charge on any atom is -0.351 e. The van der Waals surface area contributed by atoms with Crippen molar-refractivity contribution in [1.29, 1.82) is 0 Å². The molecule has 0 bridgehead atoms. The maximum atomic E-state index is 5.93. The van der Waals surface area contributed by atoms with E-state index in [0.717, 1.165) is 16.5 Å². The van der Waals surface area contributed by atoms with Crippen LogP contribution in [0.5, 0.6) is 0 Å². The van der Waals surface area contributed by atoms with E-state index >= 15 is 0 Å². The molecule has 1 aliphatic heterocycles. The van der Waals surface area contributed by atoms with Gasteiger partial charge < -0.3 is 14.8 Å². The molecule has 1 N–H and O–H groups in total. The predicted octanol–water partition coefficient (Wildman–Crippen LogP) is 6.90. The average Bonchev–Trinajstić information content (AvgIpc) is 3.30. The molecule has 178 valence electrons. The Labute approximate surface area is 213 Å². The molecule has 3 heterocycles. The number of hydrogen-bond acceptors (Lipinski definition) is 2. The van der Waals surface area contributed by atoms with Crippen LogP contribution in [0.25, 0.3) is 5.69 Å². The first-order valence-electron chi connectivity index (χ1n) is 12.1. The average molecular weight is 481 g/mol. The Hall–Kier alpha value is -3.44. The van der Waals surface area contributed by atoms with Gasteiger partial charge in [-0.3, -0.25) is 4.98 Å². The van der Waals surface area contributed by atoms with Crippen molar-refractivity contribution in [2.24, 2.45) is 0 Å². The zero-order valence-corrected chi connectivity index (χ0v) is 22.1. The predicted molar refractivity (Wildman–Crippen MR) is 149 cm³/mol. The smallest absolute Gasteiger partial charge is 0.174 e. The fourth-order valence-electron chi connectivity index (χ4n) is 5.68. The first-order chi connectivity index (χ1) is 16.8. The fraction of sp³-hybridized carbons (Fsp3) is 0.267. The highest BCUT2D eigenvalue weighted by Gasteiger charge is 2.42. The van der Waals surface area contributed by atoms with E-state index in [2.05, 4.69) is 105 Å². The monoisotopic (exact) mass is 480 g/mol. The summed E-state index contributed by atoms with van der Waals surface area (Å²) in [5, 5.41) is 4.32. The number of aromatic nitrogens is 2. The van der Waals surface area contributed by atoms with E-state index in [4.69, 9.17) is 17.2 Å². The molecule has 4 nitrogen and oxygen atoms in total. The largest absolute Gasteiger partial charge is 0.351 e. The van der Waals surface area contributed by atoms with E-state index < -0.39 is 0 Å². The Kier molecular flexibility index (Phi) is 5.97. The second-order valence-electron chi connectivity index (χ2n) is 9.74. The molecule has 5 heteroatoms. The van der Waals surface area contributed by atoms with Crippen LogP contribution in [-0.4, -0.2) is 14.7 Å². The lowest BCUT2D eigenvalue weighted by molar-refractivity contribution is 0.565. The number of thiocarbonyl (C=S) groups is 1. The molecule has 0 aliphatic carbocycles. The Morgan fingerprint density at radius 3 is 2.23 bits per heavy atom. The minimum atomic E-state index is -0.0571. The van der Waals surface area contributed by atoms with Crippen LogP contribution < -0.4 is 10.2 Å². The van der Waals surface area contributed by atoms with Gasteiger partial charge in [0.25, 0.3) is 0 Å². The van der Waals surface area contributed by atoms with Gasteiger partial charge in [-0.25, -0.2) is 0 Å². The van der Waals surface area contributed by atoms with Gasteiger partial charge in [0.05, 0.1) is 23.5 Å². The van der Waals surface area contributed by atoms with Crippen molar-refractivity contribution in [1.82, 2.24) is 14.9 Å². The molecular weight excluding hydrogens is 448 g/mol. The Bertz CT molecular complexity index is 1400. The molecule has 0 amide bonds. The summed E-state index contributed by atoms with van der Waals surface area (Å²) >= 11 is 5.93. The summed E-state index contributed by atoms with van der Waals surface area (Å²) in [5.41, 5.74) is 12.1. The van der Waals surface area contributed by atoms with Gasteiger partial charge in [0, 0.05) is 23.3 Å². The topological polar surface area (TPSA) is 33.1 Å². The van der Waals surface area contributed by atoms with Crippen LogP contribution >= 0.6 is 12.2 Å². The lowest BCUT2D eigenvalue weighted by Crippen LogP contribution is -2.29. The van der Waals surface area contributed by atoms with Crippen LogP contribution in [-0.2, 0) is 0 Å². The minimum absolute atomic E-state index is 0.0230. The molecule has 1 fully saturated rings. The normalized spacial score (nSPS) is 17.7. The Balaban J connectivity index is 1.72. The van der Waals surface area contributed by atoms with Crippen molar-refractivity contribution in [3.8, 4) is 5.69 Å². The maximum Gasteiger partial charge on any atom is 0.174 e. The second kappa shape index (κ2) is 8.97. The number of nitrogens with zero attached hydrogens (tertiary/aromatic N) is 3. The third-order valence-electron chi connectivity index (χ3n) is 7.03. The van der Waals surface area contributed by atoms with Crippen LogP contribution in [0.3, 0.4) is 0 Å². The molecule has 4 aromatic rings. The van der Waals surface area contributed by atoms with E-state index in [-0.39, 0.29) is 12.1 Å². The Morgan fingerprint density at radius 1 is 0.829 bits per heavy atom. The third-order valence-corrected chi connectivity index (χ3v) is 7.34. The van der Waals surface area contributed by atoms with Gasteiger partial charge in [-0.1, -0.05) is 35.9 Å². The molecule has 1 saturated heterocycles. The molecule has 5 rings (SSSR count). The van der Waals surface area contributed by atoms with Crippen molar-refractivity contribution < 1.29 is 0 Å². The summed E-state index contributed by atoms with van der Waals surface area (Å²) in [4.78, 5) is 6.98. The third kappa shape index (κ3) is 4.04. The lowest BCUT2D eigenvalue weighted by Gasteiger charge is -2.28. The number of aryl methyl sites for hydroxylation is 5. The zero-order chi connectivity index (χ0) is 24.9. The number of benzene rings is 2. The number of hydrogen-bond donors (Lipinski definition) is 1. The molecule has 2 unspecified atom stereocenters. The summed E-state index contributed by atoms with van der Waals surface area (Å²) in [6, 6.07) is 21.4. The van der Waals surface area contributed by atoms with Crippen molar-refractivity contribution in [2.45, 2.75) is 53.6 Å². The standard InChI is InChI=1S/C30H32N4S/c1-18-10-9-11-24(16-18)34-29(27(32-30(34)35)26-12-7-8-13-31-26)25-17-22(5)33(23(25)6)28-20(3)14-19(2)15-21(28)4/h7-17,27,29H,1-6H3,(H,32,35). The van der Waals surface area contributed by atoms with Crippen LogP contribution in [0.1, 0.15) is 57.0 Å². The van der Waals surface area contributed by atoms with Crippen LogP contribution in [0, 0.1) is 41.5 Å². The number of rotatable bonds is 4. The van der Waals surface area contributed by atoms with E-state index in [9.17, 15) is 0 Å². The molecule has 2 aromatic carbocycles. The molecule has 35 heavy (non-hydrogen) atoms. The Morgan fingerprint density at radius 2 is 1.57 bits per heavy atom. The molecule has 2 atom stereocenters. The van der Waals surface area contributed by atoms with E-state index in [1.54, 1.807) is 0 Å². The van der Waals surface area contributed by atoms with E-state index in [1.165, 1.54) is 44.9 Å². The fourth-order valence-corrected chi connectivity index (χ4v) is 6.03. The summed E-state index contributed by atoms with van der Waals surface area (Å²) in [6.45, 7) is 13.1. The molecular formula is C30H32N4S. The van der Waals surface area contributed by atoms with Gasteiger partial charge >= 0.3 is 0 Å². The van der Waals surface area contributed by atoms with Crippen molar-refractivity contribution in [3.05, 3.63) is 112 Å². The second-order valence-corrected chi connectivity index (χ2v) is 10.1. The van der Waals surface area contributed by atoms with Crippen LogP contribution in [0.15, 0.2) is 66.9 Å². The first kappa shape index (κ1) is 23.3. The summed E-state index contributed by atoms with van der Waals surface area (Å²) in [6.07, 6.45) is 1.86. The molecule has 2 aromatic heterocycles. The van der Waals surface area contributed by atoms with Crippen molar-refractivity contribution in [3.63, 3.8) is 0 Å². The van der Waals surface area contributed by atoms with Gasteiger partial charge in [-0.15, -0.1) is 0 Å². The summed E-state index contributed by atoms with van der Waals surface area (Å²) in [5.74, 6) is 0. The highest BCUT2D eigenvalue weighted by atomic mass is 32.1. The maximum absolute atomic E-state index is 5.93. The van der Waals surface area contributed by atoms with Crippen LogP contribution in [0.2, 0.25) is 0 Å². The zero-order valence-electron chi connectivity index (χ0n) is 21.3. The van der Waals surface area contributed by atoms with Gasteiger partial charge in [0.15, 0.2) is 5.11 Å². The quantitative estimate of drug-likeness (QED) is 0.322. The summed E-state index contributed by atoms with van der Waals surface area (Å²) in [7, 11) is 0. The molecule has 1 aliphatic rings. The highest BCUT2D eigenvalue weighted by Crippen LogP contribution is 2.44. The van der Waals surface area contributed by atoms with Gasteiger partial charge in [0.1, 0.15) is 0 Å². The van der Waals surface area contributed by atoms with E-state index in [0.29, 0.717) is 0 Å². The van der Waals surface area contributed by atoms with E-state index in [1.807, 2.05) is 18.3 Å². The first-order valence-corrected chi connectivity index (χ1v) is 12.5. The van der Waals surface area contributed by atoms with Crippen molar-refractivity contribution >= 4 is 23.0 Å². The number of nitrogens with one attached hydrogen (secondary N) is 1. The molecule has 0 radical (unpaired) electrons. The van der Waals surface area contributed by atoms with Crippen molar-refractivity contribution in [2.75, 3.05) is 4.90 Å². The van der Waals surface area contributed by atoms with Gasteiger partial charge in [-0.05, 0) is 106 Å². The SMILES string of the molecule is Cc1cccc(N2C(=S)NC(c3ccccn3)C2c2cc(C)n(-c3c(C)cc(C)cc3C)c2C)c1. The number of pyridine rings is 1. The van der Waals surface area contributed by atoms with Gasteiger partial charge in [0.2, 0.25) is 0 Å². The summed E-state index contributed by atoms with van der Waals surface area (Å²) < 4.78 is 2.41. The lowest BCUT2D eigenvalue weighted by atomic mass is 9.96.